The molecular weight excluding hydrogens is 269 g/mol. The quantitative estimate of drug-likeness (QED) is 0.631. The van der Waals surface area contributed by atoms with Crippen molar-refractivity contribution >= 4 is 46.0 Å². The molecule has 1 heterocycles. The first kappa shape index (κ1) is 11.7. The van der Waals surface area contributed by atoms with Gasteiger partial charge in [0.25, 0.3) is 5.91 Å². The predicted octanol–water partition coefficient (Wildman–Crippen LogP) is 2.21. The summed E-state index contributed by atoms with van der Waals surface area (Å²) in [4.78, 5) is 15.1. The molecule has 1 aliphatic rings. The highest BCUT2D eigenvalue weighted by Crippen LogP contribution is 2.21. The zero-order valence-electron chi connectivity index (χ0n) is 7.85. The van der Waals surface area contributed by atoms with Crippen LogP contribution in [0.1, 0.15) is 10.4 Å². The van der Waals surface area contributed by atoms with E-state index in [1.807, 2.05) is 0 Å². The number of alkyl halides is 1. The fraction of sp³-hybridized carbons (Fsp3) is 0.111. The van der Waals surface area contributed by atoms with Gasteiger partial charge in [0.1, 0.15) is 0 Å². The van der Waals surface area contributed by atoms with Crippen LogP contribution in [0.4, 0.5) is 0 Å². The van der Waals surface area contributed by atoms with E-state index >= 15 is 0 Å². The normalized spacial score (nSPS) is 22.1. The first-order chi connectivity index (χ1) is 7.66. The Balaban J connectivity index is 2.18. The summed E-state index contributed by atoms with van der Waals surface area (Å²) in [6, 6.07) is 6.72. The van der Waals surface area contributed by atoms with Crippen molar-refractivity contribution in [3.05, 3.63) is 34.9 Å². The maximum absolute atomic E-state index is 11.7. The maximum atomic E-state index is 11.7. The summed E-state index contributed by atoms with van der Waals surface area (Å²) in [7, 11) is 0. The first-order valence-corrected chi connectivity index (χ1v) is 6.01. The molecule has 1 unspecified atom stereocenters. The Hall–Kier alpha value is -0.750. The van der Waals surface area contributed by atoms with Crippen molar-refractivity contribution in [1.82, 2.24) is 10.9 Å². The number of rotatable bonds is 1. The van der Waals surface area contributed by atoms with Gasteiger partial charge in [-0.15, -0.1) is 0 Å². The smallest absolute Gasteiger partial charge is 0.267 e. The molecule has 2 rings (SSSR count). The van der Waals surface area contributed by atoms with Crippen LogP contribution in [0.2, 0.25) is 5.02 Å². The Morgan fingerprint density at radius 3 is 2.88 bits per heavy atom. The number of halogens is 2. The number of carbonyl (C=O) groups is 1. The molecule has 4 nitrogen and oxygen atoms in total. The Labute approximate surface area is 106 Å². The summed E-state index contributed by atoms with van der Waals surface area (Å²) >= 11 is 12.7. The molecular formula is C9H6Cl2N3OS. The van der Waals surface area contributed by atoms with Crippen molar-refractivity contribution in [1.29, 1.82) is 0 Å². The number of hydrogen-bond donors (Lipinski definition) is 1. The Morgan fingerprint density at radius 2 is 2.25 bits per heavy atom. The van der Waals surface area contributed by atoms with E-state index < -0.39 is 5.91 Å². The molecule has 0 aromatic heterocycles. The molecule has 0 aliphatic carbocycles. The second-order valence-corrected chi connectivity index (χ2v) is 5.03. The van der Waals surface area contributed by atoms with Gasteiger partial charge < -0.3 is 0 Å². The Bertz CT molecular complexity index is 452. The molecule has 7 heteroatoms. The number of nitrogens with one attached hydrogen (secondary N) is 1. The standard InChI is InChI=1S/C9H6Cl2N3OS/c10-6-4-2-1-3-5(6)7(15)12-9-14-13-8(11)16-9/h1-4,8,13H. The van der Waals surface area contributed by atoms with Gasteiger partial charge in [-0.1, -0.05) is 35.3 Å². The van der Waals surface area contributed by atoms with Crippen LogP contribution >= 0.6 is 35.0 Å². The number of nitrogens with zero attached hydrogens (tertiary/aromatic N) is 2. The zero-order chi connectivity index (χ0) is 11.5. The van der Waals surface area contributed by atoms with Crippen LogP contribution in [-0.2, 0) is 0 Å². The molecule has 16 heavy (non-hydrogen) atoms. The predicted molar refractivity (Wildman–Crippen MR) is 65.7 cm³/mol. The lowest BCUT2D eigenvalue weighted by Gasteiger charge is -1.98. The zero-order valence-corrected chi connectivity index (χ0v) is 10.2. The molecule has 0 saturated carbocycles. The number of hydrogen-bond acceptors (Lipinski definition) is 3. The third-order valence-electron chi connectivity index (χ3n) is 1.77. The molecule has 1 radical (unpaired) electrons. The third-order valence-corrected chi connectivity index (χ3v) is 3.17. The van der Waals surface area contributed by atoms with E-state index in [0.29, 0.717) is 15.8 Å². The Morgan fingerprint density at radius 1 is 1.50 bits per heavy atom. The van der Waals surface area contributed by atoms with Gasteiger partial charge in [0.15, 0.2) is 4.83 Å². The monoisotopic (exact) mass is 274 g/mol. The molecule has 1 N–H and O–H groups in total. The van der Waals surface area contributed by atoms with Crippen molar-refractivity contribution in [2.45, 2.75) is 4.83 Å². The molecule has 0 spiro atoms. The highest BCUT2D eigenvalue weighted by molar-refractivity contribution is 8.15. The number of aliphatic imine (C=N–C) groups is 1. The lowest BCUT2D eigenvalue weighted by atomic mass is 10.2. The van der Waals surface area contributed by atoms with E-state index in [9.17, 15) is 4.79 Å². The van der Waals surface area contributed by atoms with Gasteiger partial charge in [-0.2, -0.15) is 15.8 Å². The lowest BCUT2D eigenvalue weighted by molar-refractivity contribution is 0.100. The minimum absolute atomic E-state index is 0.310. The van der Waals surface area contributed by atoms with E-state index in [0.717, 1.165) is 0 Å². The molecule has 1 aromatic rings. The van der Waals surface area contributed by atoms with E-state index in [1.165, 1.54) is 11.8 Å². The summed E-state index contributed by atoms with van der Waals surface area (Å²) < 4.78 is 0. The molecule has 1 amide bonds. The van der Waals surface area contributed by atoms with E-state index in [2.05, 4.69) is 15.8 Å². The second kappa shape index (κ2) is 5.05. The third kappa shape index (κ3) is 2.68. The largest absolute Gasteiger partial charge is 0.281 e. The average molecular weight is 275 g/mol. The maximum Gasteiger partial charge on any atom is 0.281 e. The van der Waals surface area contributed by atoms with E-state index in [1.54, 1.807) is 24.3 Å². The molecule has 1 saturated heterocycles. The summed E-state index contributed by atoms with van der Waals surface area (Å²) in [5.74, 6) is -0.426. The molecule has 1 aliphatic heterocycles. The van der Waals surface area contributed by atoms with Crippen molar-refractivity contribution < 1.29 is 4.79 Å². The van der Waals surface area contributed by atoms with Crippen LogP contribution < -0.4 is 10.9 Å². The summed E-state index contributed by atoms with van der Waals surface area (Å²) in [6.45, 7) is 0. The highest BCUT2D eigenvalue weighted by atomic mass is 35.5. The molecule has 1 fully saturated rings. The van der Waals surface area contributed by atoms with Crippen molar-refractivity contribution in [3.8, 4) is 0 Å². The first-order valence-electron chi connectivity index (χ1n) is 4.31. The number of amides is 1. The number of thioether (sulfide) groups is 1. The van der Waals surface area contributed by atoms with Crippen molar-refractivity contribution in [2.75, 3.05) is 0 Å². The van der Waals surface area contributed by atoms with Crippen LogP contribution in [-0.4, -0.2) is 15.9 Å². The van der Waals surface area contributed by atoms with Gasteiger partial charge in [-0.3, -0.25) is 4.79 Å². The number of carbonyl (C=O) groups excluding carboxylic acids is 1. The average Bonchev–Trinajstić information content (AvgIpc) is 2.64. The minimum Gasteiger partial charge on any atom is -0.267 e. The fourth-order valence-electron chi connectivity index (χ4n) is 1.08. The lowest BCUT2D eigenvalue weighted by Crippen LogP contribution is -2.21. The topological polar surface area (TPSA) is 55.6 Å². The van der Waals surface area contributed by atoms with Crippen LogP contribution in [0.5, 0.6) is 0 Å². The highest BCUT2D eigenvalue weighted by Gasteiger charge is 2.21. The van der Waals surface area contributed by atoms with Gasteiger partial charge in [-0.05, 0) is 23.9 Å². The van der Waals surface area contributed by atoms with E-state index in [4.69, 9.17) is 23.2 Å². The summed E-state index contributed by atoms with van der Waals surface area (Å²) in [5, 5.41) is 0.681. The van der Waals surface area contributed by atoms with Gasteiger partial charge in [0.05, 0.1) is 10.6 Å². The van der Waals surface area contributed by atoms with Crippen molar-refractivity contribution in [2.24, 2.45) is 4.99 Å². The molecule has 0 bridgehead atoms. The number of benzene rings is 1. The van der Waals surface area contributed by atoms with E-state index in [-0.39, 0.29) is 4.83 Å². The van der Waals surface area contributed by atoms with Gasteiger partial charge in [0, 0.05) is 0 Å². The Kier molecular flexibility index (Phi) is 3.70. The second-order valence-electron chi connectivity index (χ2n) is 2.85. The SMILES string of the molecule is O=C(N=C1[N]NC(Cl)S1)c1ccccc1Cl. The summed E-state index contributed by atoms with van der Waals surface area (Å²) in [5.41, 5.74) is 6.71. The summed E-state index contributed by atoms with van der Waals surface area (Å²) in [6.07, 6.45) is 0. The van der Waals surface area contributed by atoms with Crippen LogP contribution in [0.25, 0.3) is 0 Å². The molecule has 83 valence electrons. The van der Waals surface area contributed by atoms with Gasteiger partial charge in [-0.25, -0.2) is 0 Å². The molecule has 1 aromatic carbocycles. The fourth-order valence-corrected chi connectivity index (χ4v) is 2.12. The minimum atomic E-state index is -0.426. The van der Waals surface area contributed by atoms with Gasteiger partial charge >= 0.3 is 0 Å². The van der Waals surface area contributed by atoms with Crippen LogP contribution in [0.3, 0.4) is 0 Å². The van der Waals surface area contributed by atoms with Crippen LogP contribution in [0.15, 0.2) is 29.3 Å². The van der Waals surface area contributed by atoms with Gasteiger partial charge in [0.2, 0.25) is 5.17 Å². The number of amidine groups is 1. The van der Waals surface area contributed by atoms with Crippen LogP contribution in [0, 0.1) is 0 Å². The molecule has 1 atom stereocenters. The van der Waals surface area contributed by atoms with Crippen molar-refractivity contribution in [3.63, 3.8) is 0 Å².